The van der Waals surface area contributed by atoms with E-state index >= 15 is 0 Å². The van der Waals surface area contributed by atoms with E-state index in [0.717, 1.165) is 0 Å². The van der Waals surface area contributed by atoms with E-state index in [4.69, 9.17) is 0 Å². The van der Waals surface area contributed by atoms with E-state index in [2.05, 4.69) is 0 Å². The first-order valence-corrected chi connectivity index (χ1v) is 2.53. The number of carbonyl (C=O) groups is 1. The summed E-state index contributed by atoms with van der Waals surface area (Å²) in [7, 11) is 0. The summed E-state index contributed by atoms with van der Waals surface area (Å²) in [5.41, 5.74) is 0. The molecule has 0 radical (unpaired) electrons. The molecule has 0 unspecified atom stereocenters. The molecule has 1 saturated carbocycles. The maximum atomic E-state index is 11.4. The number of ketones is 1. The molecule has 8 heavy (non-hydrogen) atoms. The van der Waals surface area contributed by atoms with E-state index in [1.165, 1.54) is 0 Å². The van der Waals surface area contributed by atoms with Crippen molar-refractivity contribution in [3.05, 3.63) is 0 Å². The fourth-order valence-corrected chi connectivity index (χ4v) is 0.546. The topological polar surface area (TPSA) is 17.1 Å². The van der Waals surface area contributed by atoms with Gasteiger partial charge >= 0.3 is 0 Å². The van der Waals surface area contributed by atoms with Crippen molar-refractivity contribution >= 4 is 5.78 Å². The molecule has 0 N–H and O–H groups in total. The van der Waals surface area contributed by atoms with Gasteiger partial charge in [0.25, 0.3) is 6.43 Å². The molecule has 0 aromatic carbocycles. The molecular formula is C5H6F2O. The summed E-state index contributed by atoms with van der Waals surface area (Å²) in [6.45, 7) is 0. The van der Waals surface area contributed by atoms with Crippen LogP contribution in [0.4, 0.5) is 8.78 Å². The molecule has 0 saturated heterocycles. The van der Waals surface area contributed by atoms with Crippen LogP contribution in [0.3, 0.4) is 0 Å². The summed E-state index contributed by atoms with van der Waals surface area (Å²) in [6.07, 6.45) is -1.39. The van der Waals surface area contributed by atoms with Gasteiger partial charge in [0.15, 0.2) is 0 Å². The van der Waals surface area contributed by atoms with Gasteiger partial charge in [-0.3, -0.25) is 4.79 Å². The molecule has 1 nitrogen and oxygen atoms in total. The van der Waals surface area contributed by atoms with Crippen LogP contribution in [0.2, 0.25) is 0 Å². The Hall–Kier alpha value is -0.470. The van der Waals surface area contributed by atoms with Crippen LogP contribution in [-0.4, -0.2) is 12.2 Å². The molecule has 1 fully saturated rings. The molecule has 0 bridgehead atoms. The van der Waals surface area contributed by atoms with E-state index in [1.807, 2.05) is 0 Å². The number of hydrogen-bond donors (Lipinski definition) is 0. The highest BCUT2D eigenvalue weighted by molar-refractivity contribution is 5.85. The van der Waals surface area contributed by atoms with Gasteiger partial charge in [-0.05, 0) is 12.8 Å². The van der Waals surface area contributed by atoms with Crippen LogP contribution in [0.15, 0.2) is 0 Å². The highest BCUT2D eigenvalue weighted by Gasteiger charge is 2.34. The van der Waals surface area contributed by atoms with Gasteiger partial charge in [-0.1, -0.05) is 0 Å². The van der Waals surface area contributed by atoms with Crippen LogP contribution in [0.25, 0.3) is 0 Å². The molecule has 0 aromatic heterocycles. The van der Waals surface area contributed by atoms with E-state index in [-0.39, 0.29) is 5.92 Å². The van der Waals surface area contributed by atoms with E-state index < -0.39 is 12.2 Å². The minimum Gasteiger partial charge on any atom is -0.293 e. The lowest BCUT2D eigenvalue weighted by Crippen LogP contribution is -2.11. The third kappa shape index (κ3) is 1.02. The highest BCUT2D eigenvalue weighted by Crippen LogP contribution is 2.31. The van der Waals surface area contributed by atoms with Crippen molar-refractivity contribution in [3.8, 4) is 0 Å². The first-order valence-electron chi connectivity index (χ1n) is 2.53. The van der Waals surface area contributed by atoms with Gasteiger partial charge in [0, 0.05) is 5.92 Å². The molecule has 1 aliphatic rings. The predicted octanol–water partition coefficient (Wildman–Crippen LogP) is 1.23. The van der Waals surface area contributed by atoms with Gasteiger partial charge in [-0.15, -0.1) is 0 Å². The Morgan fingerprint density at radius 1 is 1.50 bits per heavy atom. The lowest BCUT2D eigenvalue weighted by molar-refractivity contribution is -0.130. The smallest absolute Gasteiger partial charge is 0.293 e. The third-order valence-corrected chi connectivity index (χ3v) is 1.19. The molecule has 0 spiro atoms. The lowest BCUT2D eigenvalue weighted by atomic mass is 10.3. The summed E-state index contributed by atoms with van der Waals surface area (Å²) >= 11 is 0. The van der Waals surface area contributed by atoms with Crippen LogP contribution in [0.1, 0.15) is 12.8 Å². The van der Waals surface area contributed by atoms with Gasteiger partial charge in [-0.2, -0.15) is 0 Å². The molecule has 1 aliphatic carbocycles. The van der Waals surface area contributed by atoms with Crippen LogP contribution in [0.5, 0.6) is 0 Å². The van der Waals surface area contributed by atoms with E-state index in [9.17, 15) is 13.6 Å². The summed E-state index contributed by atoms with van der Waals surface area (Å²) < 4.78 is 22.7. The average molecular weight is 120 g/mol. The molecule has 0 aliphatic heterocycles. The zero-order chi connectivity index (χ0) is 6.15. The number of alkyl halides is 2. The molecule has 3 heteroatoms. The molecule has 0 amide bonds. The first-order chi connectivity index (χ1) is 3.72. The summed E-state index contributed by atoms with van der Waals surface area (Å²) in [6, 6.07) is 0. The summed E-state index contributed by atoms with van der Waals surface area (Å²) in [4.78, 5) is 10.2. The number of carbonyl (C=O) groups excluding carboxylic acids is 1. The van der Waals surface area contributed by atoms with Crippen LogP contribution in [0, 0.1) is 5.92 Å². The van der Waals surface area contributed by atoms with Crippen molar-refractivity contribution in [1.82, 2.24) is 0 Å². The number of rotatable bonds is 2. The SMILES string of the molecule is O=C(C(F)F)C1CC1. The Balaban J connectivity index is 2.33. The van der Waals surface area contributed by atoms with Crippen molar-refractivity contribution in [3.63, 3.8) is 0 Å². The Morgan fingerprint density at radius 3 is 2.12 bits per heavy atom. The molecule has 0 heterocycles. The zero-order valence-electron chi connectivity index (χ0n) is 4.23. The predicted molar refractivity (Wildman–Crippen MR) is 23.7 cm³/mol. The Kier molecular flexibility index (Phi) is 1.27. The quantitative estimate of drug-likeness (QED) is 0.535. The minimum atomic E-state index is -2.73. The molecular weight excluding hydrogens is 114 g/mol. The van der Waals surface area contributed by atoms with Gasteiger partial charge < -0.3 is 0 Å². The molecule has 1 rings (SSSR count). The van der Waals surface area contributed by atoms with Gasteiger partial charge in [0.1, 0.15) is 0 Å². The Morgan fingerprint density at radius 2 is 2.00 bits per heavy atom. The fourth-order valence-electron chi connectivity index (χ4n) is 0.546. The first kappa shape index (κ1) is 5.66. The van der Waals surface area contributed by atoms with Gasteiger partial charge in [0.05, 0.1) is 0 Å². The Labute approximate surface area is 45.7 Å². The summed E-state index contributed by atoms with van der Waals surface area (Å²) in [5, 5.41) is 0. The van der Waals surface area contributed by atoms with Crippen molar-refractivity contribution < 1.29 is 13.6 Å². The van der Waals surface area contributed by atoms with Crippen molar-refractivity contribution in [1.29, 1.82) is 0 Å². The second-order valence-corrected chi connectivity index (χ2v) is 1.98. The van der Waals surface area contributed by atoms with Crippen LogP contribution >= 0.6 is 0 Å². The average Bonchev–Trinajstić information content (AvgIpc) is 2.43. The molecule has 0 aromatic rings. The third-order valence-electron chi connectivity index (χ3n) is 1.19. The Bertz CT molecular complexity index is 103. The van der Waals surface area contributed by atoms with Crippen molar-refractivity contribution in [2.75, 3.05) is 0 Å². The van der Waals surface area contributed by atoms with Crippen molar-refractivity contribution in [2.45, 2.75) is 19.3 Å². The standard InChI is InChI=1S/C5H6F2O/c6-5(7)4(8)3-1-2-3/h3,5H,1-2H2. The van der Waals surface area contributed by atoms with Crippen molar-refractivity contribution in [2.24, 2.45) is 5.92 Å². The minimum absolute atomic E-state index is 0.296. The zero-order valence-corrected chi connectivity index (χ0v) is 4.23. The second kappa shape index (κ2) is 1.80. The maximum absolute atomic E-state index is 11.4. The summed E-state index contributed by atoms with van der Waals surface area (Å²) in [5.74, 6) is -1.17. The van der Waals surface area contributed by atoms with E-state index in [0.29, 0.717) is 12.8 Å². The largest absolute Gasteiger partial charge is 0.296 e. The fraction of sp³-hybridized carbons (Fsp3) is 0.800. The van der Waals surface area contributed by atoms with Crippen LogP contribution in [-0.2, 0) is 4.79 Å². The molecule has 46 valence electrons. The second-order valence-electron chi connectivity index (χ2n) is 1.98. The normalized spacial score (nSPS) is 19.4. The van der Waals surface area contributed by atoms with Gasteiger partial charge in [0.2, 0.25) is 5.78 Å². The number of hydrogen-bond acceptors (Lipinski definition) is 1. The molecule has 0 atom stereocenters. The number of halogens is 2. The van der Waals surface area contributed by atoms with Crippen LogP contribution < -0.4 is 0 Å². The number of Topliss-reactive ketones (excluding diaryl/α,β-unsaturated/α-hetero) is 1. The lowest BCUT2D eigenvalue weighted by Gasteiger charge is -1.90. The van der Waals surface area contributed by atoms with Gasteiger partial charge in [-0.25, -0.2) is 8.78 Å². The van der Waals surface area contributed by atoms with E-state index in [1.54, 1.807) is 0 Å². The monoisotopic (exact) mass is 120 g/mol. The maximum Gasteiger partial charge on any atom is 0.296 e. The highest BCUT2D eigenvalue weighted by atomic mass is 19.3.